The van der Waals surface area contributed by atoms with Crippen LogP contribution < -0.4 is 20.1 Å². The highest BCUT2D eigenvalue weighted by Crippen LogP contribution is 2.27. The lowest BCUT2D eigenvalue weighted by molar-refractivity contribution is -0.120. The zero-order chi connectivity index (χ0) is 16.4. The molecule has 0 aliphatic heterocycles. The van der Waals surface area contributed by atoms with E-state index >= 15 is 0 Å². The number of nitrogens with one attached hydrogen (secondary N) is 2. The molecule has 0 radical (unpaired) electrons. The molecule has 0 aliphatic carbocycles. The van der Waals surface area contributed by atoms with Crippen molar-refractivity contribution in [1.29, 1.82) is 0 Å². The Labute approximate surface area is 132 Å². The maximum Gasteiger partial charge on any atom is 0.233 e. The topological polar surface area (TPSA) is 62.8 Å². The minimum Gasteiger partial charge on any atom is -0.493 e. The molecule has 0 heterocycles. The van der Waals surface area contributed by atoms with Crippen molar-refractivity contribution in [2.75, 3.05) is 47.9 Å². The summed E-state index contributed by atoms with van der Waals surface area (Å²) in [4.78, 5) is 13.8. The predicted octanol–water partition coefficient (Wildman–Crippen LogP) is 0.861. The van der Waals surface area contributed by atoms with Crippen LogP contribution in [0, 0.1) is 0 Å². The molecule has 0 aromatic heterocycles. The number of carbonyl (C=O) groups excluding carboxylic acids is 1. The van der Waals surface area contributed by atoms with Gasteiger partial charge in [-0.2, -0.15) is 0 Å². The number of carbonyl (C=O) groups is 1. The maximum atomic E-state index is 11.7. The molecule has 1 aromatic carbocycles. The first kappa shape index (κ1) is 18.3. The van der Waals surface area contributed by atoms with Crippen molar-refractivity contribution in [3.8, 4) is 11.5 Å². The second-order valence-corrected chi connectivity index (χ2v) is 5.30. The Morgan fingerprint density at radius 1 is 1.18 bits per heavy atom. The highest BCUT2D eigenvalue weighted by Gasteiger charge is 2.05. The molecular weight excluding hydrogens is 282 g/mol. The Morgan fingerprint density at radius 3 is 2.55 bits per heavy atom. The smallest absolute Gasteiger partial charge is 0.233 e. The van der Waals surface area contributed by atoms with Crippen LogP contribution >= 0.6 is 0 Å². The van der Waals surface area contributed by atoms with Gasteiger partial charge in [-0.15, -0.1) is 0 Å². The van der Waals surface area contributed by atoms with E-state index in [2.05, 4.69) is 15.5 Å². The summed E-state index contributed by atoms with van der Waals surface area (Å²) in [5.74, 6) is 1.40. The average molecular weight is 309 g/mol. The number of ether oxygens (including phenoxy) is 2. The summed E-state index contributed by atoms with van der Waals surface area (Å²) in [6, 6.07) is 5.71. The van der Waals surface area contributed by atoms with Gasteiger partial charge < -0.3 is 25.0 Å². The molecule has 22 heavy (non-hydrogen) atoms. The summed E-state index contributed by atoms with van der Waals surface area (Å²) in [6.07, 6.45) is 0.953. The third kappa shape index (κ3) is 6.78. The number of methoxy groups -OCH3 is 2. The summed E-state index contributed by atoms with van der Waals surface area (Å²) >= 11 is 0. The van der Waals surface area contributed by atoms with Gasteiger partial charge in [0.15, 0.2) is 11.5 Å². The van der Waals surface area contributed by atoms with Crippen LogP contribution in [0.3, 0.4) is 0 Å². The van der Waals surface area contributed by atoms with Gasteiger partial charge in [0.1, 0.15) is 0 Å². The number of hydrogen-bond donors (Lipinski definition) is 2. The highest BCUT2D eigenvalue weighted by atomic mass is 16.5. The Hall–Kier alpha value is -1.79. The maximum absolute atomic E-state index is 11.7. The zero-order valence-corrected chi connectivity index (χ0v) is 13.9. The van der Waals surface area contributed by atoms with Gasteiger partial charge in [0.2, 0.25) is 5.91 Å². The van der Waals surface area contributed by atoms with Gasteiger partial charge in [0, 0.05) is 13.1 Å². The SMILES string of the molecule is COc1ccc(CNCC(=O)NCCCN(C)C)cc1OC. The lowest BCUT2D eigenvalue weighted by Crippen LogP contribution is -2.35. The van der Waals surface area contributed by atoms with Crippen LogP contribution in [0.2, 0.25) is 0 Å². The molecule has 0 spiro atoms. The summed E-state index contributed by atoms with van der Waals surface area (Å²) < 4.78 is 10.4. The fraction of sp³-hybridized carbons (Fsp3) is 0.562. The summed E-state index contributed by atoms with van der Waals surface area (Å²) in [5, 5.41) is 6.01. The first-order valence-corrected chi connectivity index (χ1v) is 7.40. The Morgan fingerprint density at radius 2 is 1.91 bits per heavy atom. The van der Waals surface area contributed by atoms with Crippen molar-refractivity contribution in [1.82, 2.24) is 15.5 Å². The normalized spacial score (nSPS) is 10.6. The molecule has 0 fully saturated rings. The summed E-state index contributed by atoms with van der Waals surface area (Å²) in [5.41, 5.74) is 1.04. The van der Waals surface area contributed by atoms with Crippen LogP contribution in [0.15, 0.2) is 18.2 Å². The van der Waals surface area contributed by atoms with Crippen molar-refractivity contribution in [3.63, 3.8) is 0 Å². The monoisotopic (exact) mass is 309 g/mol. The molecule has 0 bridgehead atoms. The fourth-order valence-electron chi connectivity index (χ4n) is 2.00. The van der Waals surface area contributed by atoms with E-state index in [1.165, 1.54) is 0 Å². The molecule has 0 atom stereocenters. The number of hydrogen-bond acceptors (Lipinski definition) is 5. The first-order valence-electron chi connectivity index (χ1n) is 7.40. The van der Waals surface area contributed by atoms with E-state index < -0.39 is 0 Å². The van der Waals surface area contributed by atoms with Crippen molar-refractivity contribution in [2.45, 2.75) is 13.0 Å². The van der Waals surface area contributed by atoms with E-state index in [4.69, 9.17) is 9.47 Å². The van der Waals surface area contributed by atoms with Gasteiger partial charge in [-0.1, -0.05) is 6.07 Å². The van der Waals surface area contributed by atoms with E-state index in [1.807, 2.05) is 32.3 Å². The molecule has 124 valence electrons. The largest absolute Gasteiger partial charge is 0.493 e. The molecular formula is C16H27N3O3. The van der Waals surface area contributed by atoms with Crippen LogP contribution in [-0.2, 0) is 11.3 Å². The van der Waals surface area contributed by atoms with Gasteiger partial charge >= 0.3 is 0 Å². The third-order valence-electron chi connectivity index (χ3n) is 3.17. The predicted molar refractivity (Wildman–Crippen MR) is 87.4 cm³/mol. The van der Waals surface area contributed by atoms with Crippen molar-refractivity contribution >= 4 is 5.91 Å². The van der Waals surface area contributed by atoms with Crippen LogP contribution in [-0.4, -0.2) is 58.8 Å². The van der Waals surface area contributed by atoms with Crippen LogP contribution in [0.25, 0.3) is 0 Å². The molecule has 0 saturated heterocycles. The minimum atomic E-state index is 0.0132. The number of nitrogens with zero attached hydrogens (tertiary/aromatic N) is 1. The molecule has 0 aliphatic rings. The Kier molecular flexibility index (Phi) is 8.32. The van der Waals surface area contributed by atoms with Gasteiger partial charge in [-0.05, 0) is 44.8 Å². The van der Waals surface area contributed by atoms with Crippen LogP contribution in [0.1, 0.15) is 12.0 Å². The van der Waals surface area contributed by atoms with Crippen LogP contribution in [0.4, 0.5) is 0 Å². The van der Waals surface area contributed by atoms with E-state index in [1.54, 1.807) is 14.2 Å². The lowest BCUT2D eigenvalue weighted by atomic mass is 10.2. The summed E-state index contributed by atoms with van der Waals surface area (Å²) in [6.45, 7) is 2.58. The van der Waals surface area contributed by atoms with Gasteiger partial charge in [-0.3, -0.25) is 4.79 Å². The van der Waals surface area contributed by atoms with E-state index in [-0.39, 0.29) is 5.91 Å². The summed E-state index contributed by atoms with van der Waals surface area (Å²) in [7, 11) is 7.26. The van der Waals surface area contributed by atoms with Gasteiger partial charge in [0.05, 0.1) is 20.8 Å². The van der Waals surface area contributed by atoms with Crippen molar-refractivity contribution < 1.29 is 14.3 Å². The van der Waals surface area contributed by atoms with E-state index in [0.717, 1.165) is 18.5 Å². The fourth-order valence-corrected chi connectivity index (χ4v) is 2.00. The lowest BCUT2D eigenvalue weighted by Gasteiger charge is -2.11. The van der Waals surface area contributed by atoms with Crippen LogP contribution in [0.5, 0.6) is 11.5 Å². The first-order chi connectivity index (χ1) is 10.6. The van der Waals surface area contributed by atoms with E-state index in [0.29, 0.717) is 31.1 Å². The molecule has 6 heteroatoms. The quantitative estimate of drug-likeness (QED) is 0.628. The third-order valence-corrected chi connectivity index (χ3v) is 3.17. The second-order valence-electron chi connectivity index (χ2n) is 5.30. The number of benzene rings is 1. The van der Waals surface area contributed by atoms with Gasteiger partial charge in [-0.25, -0.2) is 0 Å². The van der Waals surface area contributed by atoms with Crippen molar-refractivity contribution in [3.05, 3.63) is 23.8 Å². The zero-order valence-electron chi connectivity index (χ0n) is 13.9. The molecule has 0 unspecified atom stereocenters. The molecule has 0 saturated carbocycles. The van der Waals surface area contributed by atoms with Gasteiger partial charge in [0.25, 0.3) is 0 Å². The van der Waals surface area contributed by atoms with Crippen molar-refractivity contribution in [2.24, 2.45) is 0 Å². The molecule has 6 nitrogen and oxygen atoms in total. The Bertz CT molecular complexity index is 464. The highest BCUT2D eigenvalue weighted by molar-refractivity contribution is 5.77. The number of rotatable bonds is 10. The molecule has 1 rings (SSSR count). The molecule has 1 amide bonds. The molecule has 2 N–H and O–H groups in total. The molecule has 1 aromatic rings. The Balaban J connectivity index is 2.27. The second kappa shape index (κ2) is 10.0. The standard InChI is InChI=1S/C16H27N3O3/c1-19(2)9-5-8-18-16(20)12-17-11-13-6-7-14(21-3)15(10-13)22-4/h6-7,10,17H,5,8-9,11-12H2,1-4H3,(H,18,20). The average Bonchev–Trinajstić information content (AvgIpc) is 2.51. The number of amides is 1. The minimum absolute atomic E-state index is 0.0132. The van der Waals surface area contributed by atoms with E-state index in [9.17, 15) is 4.79 Å².